The number of ketones is 1. The van der Waals surface area contributed by atoms with Crippen molar-refractivity contribution >= 4 is 5.78 Å². The normalized spacial score (nSPS) is 10.8. The summed E-state index contributed by atoms with van der Waals surface area (Å²) in [6.45, 7) is 3.35. The minimum Gasteiger partial charge on any atom is -0.494 e. The van der Waals surface area contributed by atoms with Gasteiger partial charge in [-0.2, -0.15) is 0 Å². The fourth-order valence-electron chi connectivity index (χ4n) is 1.90. The summed E-state index contributed by atoms with van der Waals surface area (Å²) in [4.78, 5) is 13.0. The van der Waals surface area contributed by atoms with Crippen molar-refractivity contribution in [3.63, 3.8) is 0 Å². The summed E-state index contributed by atoms with van der Waals surface area (Å²) in [5, 5.41) is 0. The first-order valence-corrected chi connectivity index (χ1v) is 6.53. The van der Waals surface area contributed by atoms with Gasteiger partial charge < -0.3 is 14.4 Å². The maximum Gasteiger partial charge on any atom is 0.165 e. The first kappa shape index (κ1) is 15.6. The van der Waals surface area contributed by atoms with E-state index < -0.39 is 0 Å². The lowest BCUT2D eigenvalue weighted by atomic mass is 10.1. The van der Waals surface area contributed by atoms with Gasteiger partial charge in [0.15, 0.2) is 11.6 Å². The molecule has 0 N–H and O–H groups in total. The third-order valence-corrected chi connectivity index (χ3v) is 3.07. The van der Waals surface area contributed by atoms with E-state index in [9.17, 15) is 9.18 Å². The van der Waals surface area contributed by atoms with Crippen LogP contribution in [-0.4, -0.2) is 37.9 Å². The molecule has 106 valence electrons. The number of benzene rings is 1. The number of carbonyl (C=O) groups is 1. The minimum absolute atomic E-state index is 0.227. The smallest absolute Gasteiger partial charge is 0.165 e. The highest BCUT2D eigenvalue weighted by molar-refractivity contribution is 5.75. The lowest BCUT2D eigenvalue weighted by Gasteiger charge is -2.16. The van der Waals surface area contributed by atoms with Crippen LogP contribution < -0.4 is 4.74 Å². The first-order valence-electron chi connectivity index (χ1n) is 6.53. The van der Waals surface area contributed by atoms with Gasteiger partial charge in [-0.25, -0.2) is 4.39 Å². The summed E-state index contributed by atoms with van der Waals surface area (Å²) in [7, 11) is 3.47. The molecule has 0 aliphatic rings. The average Bonchev–Trinajstić information content (AvgIpc) is 2.36. The van der Waals surface area contributed by atoms with Crippen molar-refractivity contribution in [3.8, 4) is 5.75 Å². The van der Waals surface area contributed by atoms with E-state index in [0.29, 0.717) is 6.42 Å². The molecule has 0 amide bonds. The second-order valence-electron chi connectivity index (χ2n) is 4.83. The van der Waals surface area contributed by atoms with Gasteiger partial charge in [0.2, 0.25) is 0 Å². The fraction of sp³-hybridized carbons (Fsp3) is 0.533. The molecule has 0 aliphatic heterocycles. The number of rotatable bonds is 8. The molecule has 4 heteroatoms. The molecule has 0 saturated heterocycles. The van der Waals surface area contributed by atoms with Crippen molar-refractivity contribution in [3.05, 3.63) is 29.6 Å². The van der Waals surface area contributed by atoms with E-state index in [4.69, 9.17) is 4.74 Å². The Morgan fingerprint density at radius 1 is 1.37 bits per heavy atom. The zero-order valence-electron chi connectivity index (χ0n) is 11.9. The third kappa shape index (κ3) is 5.83. The number of ether oxygens (including phenoxy) is 1. The van der Waals surface area contributed by atoms with Crippen molar-refractivity contribution in [2.24, 2.45) is 0 Å². The minimum atomic E-state index is -0.320. The van der Waals surface area contributed by atoms with Crippen LogP contribution in [0.25, 0.3) is 0 Å². The monoisotopic (exact) mass is 267 g/mol. The molecule has 19 heavy (non-hydrogen) atoms. The van der Waals surface area contributed by atoms with E-state index >= 15 is 0 Å². The van der Waals surface area contributed by atoms with Crippen molar-refractivity contribution in [2.45, 2.75) is 26.2 Å². The largest absolute Gasteiger partial charge is 0.494 e. The molecule has 1 rings (SSSR count). The predicted octanol–water partition coefficient (Wildman–Crippen LogP) is 2.68. The number of Topliss-reactive ketones (excluding diaryl/α,β-unsaturated/α-hetero) is 1. The summed E-state index contributed by atoms with van der Waals surface area (Å²) in [6, 6.07) is 5.05. The Bertz CT molecular complexity index is 421. The van der Waals surface area contributed by atoms with Gasteiger partial charge in [-0.05, 0) is 51.1 Å². The molecule has 0 unspecified atom stereocenters. The van der Waals surface area contributed by atoms with Gasteiger partial charge in [0.05, 0.1) is 7.11 Å². The van der Waals surface area contributed by atoms with Crippen molar-refractivity contribution in [2.75, 3.05) is 27.2 Å². The Labute approximate surface area is 114 Å². The molecule has 0 fully saturated rings. The zero-order chi connectivity index (χ0) is 14.3. The van der Waals surface area contributed by atoms with Crippen molar-refractivity contribution in [1.29, 1.82) is 0 Å². The summed E-state index contributed by atoms with van der Waals surface area (Å²) in [5.74, 6) is 0.184. The molecule has 3 nitrogen and oxygen atoms in total. The summed E-state index contributed by atoms with van der Waals surface area (Å²) in [6.07, 6.45) is 2.29. The second kappa shape index (κ2) is 7.89. The number of hydrogen-bond donors (Lipinski definition) is 0. The van der Waals surface area contributed by atoms with Gasteiger partial charge in [-0.3, -0.25) is 0 Å². The number of carbonyl (C=O) groups excluding carboxylic acids is 1. The number of hydrogen-bond acceptors (Lipinski definition) is 3. The highest BCUT2D eigenvalue weighted by Gasteiger charge is 2.05. The number of likely N-dealkylation sites (N-methyl/N-ethyl adjacent to an activating group) is 1. The van der Waals surface area contributed by atoms with E-state index in [0.717, 1.165) is 31.5 Å². The molecule has 0 bridgehead atoms. The van der Waals surface area contributed by atoms with Crippen LogP contribution in [0.15, 0.2) is 18.2 Å². The van der Waals surface area contributed by atoms with Crippen LogP contribution >= 0.6 is 0 Å². The van der Waals surface area contributed by atoms with Crippen LogP contribution in [0.4, 0.5) is 4.39 Å². The highest BCUT2D eigenvalue weighted by Crippen LogP contribution is 2.18. The van der Waals surface area contributed by atoms with Crippen LogP contribution in [0.2, 0.25) is 0 Å². The van der Waals surface area contributed by atoms with Crippen LogP contribution in [0, 0.1) is 5.82 Å². The summed E-state index contributed by atoms with van der Waals surface area (Å²) in [5.41, 5.74) is 0.955. The Balaban J connectivity index is 2.35. The van der Waals surface area contributed by atoms with Gasteiger partial charge in [-0.15, -0.1) is 0 Å². The Morgan fingerprint density at radius 3 is 2.68 bits per heavy atom. The third-order valence-electron chi connectivity index (χ3n) is 3.07. The molecule has 0 radical (unpaired) electrons. The molecule has 0 heterocycles. The van der Waals surface area contributed by atoms with Crippen LogP contribution in [-0.2, 0) is 11.2 Å². The van der Waals surface area contributed by atoms with Crippen LogP contribution in [0.3, 0.4) is 0 Å². The number of nitrogens with zero attached hydrogens (tertiary/aromatic N) is 1. The Kier molecular flexibility index (Phi) is 6.50. The maximum atomic E-state index is 13.5. The van der Waals surface area contributed by atoms with E-state index in [1.807, 2.05) is 13.1 Å². The molecule has 0 aliphatic carbocycles. The van der Waals surface area contributed by atoms with Gasteiger partial charge in [0, 0.05) is 13.0 Å². The van der Waals surface area contributed by atoms with Crippen LogP contribution in [0.5, 0.6) is 5.75 Å². The molecule has 1 aromatic carbocycles. The van der Waals surface area contributed by atoms with Gasteiger partial charge in [0.25, 0.3) is 0 Å². The molecule has 0 saturated carbocycles. The zero-order valence-corrected chi connectivity index (χ0v) is 11.9. The van der Waals surface area contributed by atoms with Crippen LogP contribution in [0.1, 0.15) is 25.3 Å². The quantitative estimate of drug-likeness (QED) is 0.725. The topological polar surface area (TPSA) is 29.5 Å². The number of methoxy groups -OCH3 is 1. The fourth-order valence-corrected chi connectivity index (χ4v) is 1.90. The van der Waals surface area contributed by atoms with Gasteiger partial charge in [-0.1, -0.05) is 6.07 Å². The average molecular weight is 267 g/mol. The summed E-state index contributed by atoms with van der Waals surface area (Å²) >= 11 is 0. The predicted molar refractivity (Wildman–Crippen MR) is 74.1 cm³/mol. The first-order chi connectivity index (χ1) is 9.02. The Hall–Kier alpha value is -1.42. The second-order valence-corrected chi connectivity index (χ2v) is 4.83. The van der Waals surface area contributed by atoms with E-state index in [2.05, 4.69) is 4.90 Å². The Morgan fingerprint density at radius 2 is 2.11 bits per heavy atom. The molecule has 0 spiro atoms. The van der Waals surface area contributed by atoms with E-state index in [1.54, 1.807) is 13.0 Å². The maximum absolute atomic E-state index is 13.5. The molecule has 1 aromatic rings. The lowest BCUT2D eigenvalue weighted by Crippen LogP contribution is -2.22. The number of halogens is 1. The standard InChI is InChI=1S/C15H22FNO2/c1-12(18)5-4-9-17(2)10-8-13-6-7-15(19-3)14(16)11-13/h6-7,11H,4-5,8-10H2,1-3H3. The molecular formula is C15H22FNO2. The SMILES string of the molecule is COc1ccc(CCN(C)CCCC(C)=O)cc1F. The van der Waals surface area contributed by atoms with E-state index in [1.165, 1.54) is 13.2 Å². The molecule has 0 aromatic heterocycles. The van der Waals surface area contributed by atoms with E-state index in [-0.39, 0.29) is 17.3 Å². The molecule has 0 atom stereocenters. The van der Waals surface area contributed by atoms with Gasteiger partial charge in [0.1, 0.15) is 5.78 Å². The van der Waals surface area contributed by atoms with Crippen molar-refractivity contribution < 1.29 is 13.9 Å². The summed E-state index contributed by atoms with van der Waals surface area (Å²) < 4.78 is 18.4. The molecular weight excluding hydrogens is 245 g/mol. The van der Waals surface area contributed by atoms with Crippen molar-refractivity contribution in [1.82, 2.24) is 4.90 Å². The highest BCUT2D eigenvalue weighted by atomic mass is 19.1. The van der Waals surface area contributed by atoms with Gasteiger partial charge >= 0.3 is 0 Å². The lowest BCUT2D eigenvalue weighted by molar-refractivity contribution is -0.117.